The molecule has 0 aliphatic heterocycles. The lowest BCUT2D eigenvalue weighted by molar-refractivity contribution is -0.661. The summed E-state index contributed by atoms with van der Waals surface area (Å²) in [6, 6.07) is 18.0. The van der Waals surface area contributed by atoms with Crippen LogP contribution in [0.2, 0.25) is 0 Å². The average molecular weight is 348 g/mol. The second kappa shape index (κ2) is 6.08. The summed E-state index contributed by atoms with van der Waals surface area (Å²) in [5, 5.41) is 1.21. The molecular formula is C22H19FNS+. The van der Waals surface area contributed by atoms with Crippen molar-refractivity contribution < 1.29 is 8.96 Å². The van der Waals surface area contributed by atoms with Crippen LogP contribution in [0.4, 0.5) is 4.39 Å². The molecule has 0 N–H and O–H groups in total. The third-order valence-corrected chi connectivity index (χ3v) is 5.67. The number of hydrogen-bond donors (Lipinski definition) is 0. The number of benzene rings is 2. The molecule has 4 rings (SSSR count). The Bertz CT molecular complexity index is 1070. The topological polar surface area (TPSA) is 3.88 Å². The number of nitrogens with zero attached hydrogens (tertiary/aromatic N) is 1. The minimum atomic E-state index is -0.195. The zero-order chi connectivity index (χ0) is 17.6. The number of fused-ring (bicyclic) bond motifs is 1. The largest absolute Gasteiger partial charge is 0.248 e. The minimum absolute atomic E-state index is 0.195. The lowest BCUT2D eigenvalue weighted by Gasteiger charge is -2.08. The Hall–Kier alpha value is -2.52. The lowest BCUT2D eigenvalue weighted by atomic mass is 10.0. The van der Waals surface area contributed by atoms with E-state index in [1.807, 2.05) is 55.1 Å². The van der Waals surface area contributed by atoms with Gasteiger partial charge in [-0.1, -0.05) is 36.4 Å². The Morgan fingerprint density at radius 3 is 2.44 bits per heavy atom. The average Bonchev–Trinajstić information content (AvgIpc) is 2.96. The first-order chi connectivity index (χ1) is 12.0. The molecule has 0 aliphatic carbocycles. The molecular weight excluding hydrogens is 329 g/mol. The van der Waals surface area contributed by atoms with Crippen molar-refractivity contribution >= 4 is 21.4 Å². The fourth-order valence-electron chi connectivity index (χ4n) is 3.41. The van der Waals surface area contributed by atoms with Crippen molar-refractivity contribution in [3.05, 3.63) is 77.1 Å². The van der Waals surface area contributed by atoms with E-state index in [1.165, 1.54) is 15.0 Å². The number of aromatic nitrogens is 1. The summed E-state index contributed by atoms with van der Waals surface area (Å²) in [7, 11) is 1.91. The van der Waals surface area contributed by atoms with Gasteiger partial charge in [0.25, 0.3) is 0 Å². The summed E-state index contributed by atoms with van der Waals surface area (Å²) in [6.07, 6.45) is 2.02. The Kier molecular flexibility index (Phi) is 3.89. The Morgan fingerprint density at radius 2 is 1.68 bits per heavy atom. The van der Waals surface area contributed by atoms with Gasteiger partial charge in [-0.15, -0.1) is 11.3 Å². The first kappa shape index (κ1) is 16.0. The highest BCUT2D eigenvalue weighted by atomic mass is 32.1. The van der Waals surface area contributed by atoms with E-state index in [2.05, 4.69) is 25.1 Å². The van der Waals surface area contributed by atoms with E-state index >= 15 is 4.39 Å². The number of aryl methyl sites for hydroxylation is 3. The molecule has 4 aromatic rings. The zero-order valence-corrected chi connectivity index (χ0v) is 15.3. The molecule has 0 bridgehead atoms. The highest BCUT2D eigenvalue weighted by Crippen LogP contribution is 2.35. The van der Waals surface area contributed by atoms with Gasteiger partial charge in [-0.3, -0.25) is 0 Å². The van der Waals surface area contributed by atoms with Crippen LogP contribution in [-0.4, -0.2) is 0 Å². The quantitative estimate of drug-likeness (QED) is 0.402. The molecule has 0 saturated carbocycles. The summed E-state index contributed by atoms with van der Waals surface area (Å²) in [5.74, 6) is -0.195. The van der Waals surface area contributed by atoms with Gasteiger partial charge in [-0.05, 0) is 43.0 Å². The third-order valence-electron chi connectivity index (χ3n) is 4.57. The molecule has 0 spiro atoms. The van der Waals surface area contributed by atoms with Gasteiger partial charge in [0.05, 0.1) is 11.1 Å². The van der Waals surface area contributed by atoms with E-state index < -0.39 is 0 Å². The van der Waals surface area contributed by atoms with Crippen LogP contribution in [-0.2, 0) is 7.05 Å². The first-order valence-electron chi connectivity index (χ1n) is 8.29. The molecule has 0 saturated heterocycles. The molecule has 2 aromatic heterocycles. The van der Waals surface area contributed by atoms with E-state index in [0.29, 0.717) is 5.69 Å². The number of thiophene rings is 1. The summed E-state index contributed by atoms with van der Waals surface area (Å²) in [6.45, 7) is 4.12. The maximum absolute atomic E-state index is 15.1. The molecule has 0 unspecified atom stereocenters. The molecule has 0 fully saturated rings. The normalized spacial score (nSPS) is 11.2. The van der Waals surface area contributed by atoms with Gasteiger partial charge in [0, 0.05) is 15.1 Å². The Labute approximate surface area is 151 Å². The van der Waals surface area contributed by atoms with Crippen LogP contribution in [0.15, 0.2) is 60.8 Å². The van der Waals surface area contributed by atoms with Crippen molar-refractivity contribution in [2.45, 2.75) is 13.8 Å². The molecule has 124 valence electrons. The standard InChI is InChI=1S/C22H19FNS/c1-14-7-4-5-9-18(14)21-20(23)12-17(13-24(21)3)19-10-6-8-16-11-15(2)25-22(16)19/h4-13H,1-3H3/q+1. The van der Waals surface area contributed by atoms with Gasteiger partial charge in [0.1, 0.15) is 7.05 Å². The van der Waals surface area contributed by atoms with Gasteiger partial charge in [-0.2, -0.15) is 8.96 Å². The van der Waals surface area contributed by atoms with Crippen LogP contribution in [0.3, 0.4) is 0 Å². The molecule has 3 heteroatoms. The number of halogens is 1. The Balaban J connectivity index is 1.92. The molecule has 0 atom stereocenters. The fourth-order valence-corrected chi connectivity index (χ4v) is 4.46. The van der Waals surface area contributed by atoms with Crippen molar-refractivity contribution in [1.29, 1.82) is 0 Å². The van der Waals surface area contributed by atoms with Crippen LogP contribution in [0.1, 0.15) is 10.4 Å². The van der Waals surface area contributed by atoms with Crippen molar-refractivity contribution in [3.8, 4) is 22.4 Å². The second-order valence-corrected chi connectivity index (χ2v) is 7.69. The highest BCUT2D eigenvalue weighted by Gasteiger charge is 2.21. The molecule has 0 amide bonds. The zero-order valence-electron chi connectivity index (χ0n) is 14.5. The maximum atomic E-state index is 15.1. The van der Waals surface area contributed by atoms with Crippen LogP contribution < -0.4 is 4.57 Å². The van der Waals surface area contributed by atoms with E-state index in [-0.39, 0.29) is 5.82 Å². The van der Waals surface area contributed by atoms with Crippen molar-refractivity contribution in [3.63, 3.8) is 0 Å². The summed E-state index contributed by atoms with van der Waals surface area (Å²) < 4.78 is 18.2. The van der Waals surface area contributed by atoms with Gasteiger partial charge < -0.3 is 0 Å². The summed E-state index contributed by atoms with van der Waals surface area (Å²) in [4.78, 5) is 1.27. The highest BCUT2D eigenvalue weighted by molar-refractivity contribution is 7.19. The maximum Gasteiger partial charge on any atom is 0.248 e. The van der Waals surface area contributed by atoms with Crippen LogP contribution in [0, 0.1) is 19.7 Å². The number of rotatable bonds is 2. The molecule has 1 nitrogen and oxygen atoms in total. The van der Waals surface area contributed by atoms with Crippen LogP contribution in [0.25, 0.3) is 32.5 Å². The van der Waals surface area contributed by atoms with Gasteiger partial charge >= 0.3 is 0 Å². The summed E-state index contributed by atoms with van der Waals surface area (Å²) in [5.41, 5.74) is 4.61. The molecule has 2 aromatic carbocycles. The van der Waals surface area contributed by atoms with Gasteiger partial charge in [0.2, 0.25) is 5.69 Å². The molecule has 25 heavy (non-hydrogen) atoms. The van der Waals surface area contributed by atoms with Gasteiger partial charge in [-0.25, -0.2) is 0 Å². The van der Waals surface area contributed by atoms with E-state index in [0.717, 1.165) is 22.3 Å². The monoisotopic (exact) mass is 348 g/mol. The van der Waals surface area contributed by atoms with E-state index in [4.69, 9.17) is 0 Å². The molecule has 0 aliphatic rings. The predicted octanol–water partition coefficient (Wildman–Crippen LogP) is 5.82. The van der Waals surface area contributed by atoms with E-state index in [1.54, 1.807) is 17.4 Å². The minimum Gasteiger partial charge on any atom is -0.200 e. The predicted molar refractivity (Wildman–Crippen MR) is 103 cm³/mol. The van der Waals surface area contributed by atoms with E-state index in [9.17, 15) is 0 Å². The van der Waals surface area contributed by atoms with Crippen molar-refractivity contribution in [2.75, 3.05) is 0 Å². The van der Waals surface area contributed by atoms with Gasteiger partial charge in [0.15, 0.2) is 12.0 Å². The van der Waals surface area contributed by atoms with Crippen molar-refractivity contribution in [2.24, 2.45) is 7.05 Å². The van der Waals surface area contributed by atoms with Crippen molar-refractivity contribution in [1.82, 2.24) is 0 Å². The molecule has 2 heterocycles. The smallest absolute Gasteiger partial charge is 0.200 e. The number of hydrogen-bond acceptors (Lipinski definition) is 1. The second-order valence-electron chi connectivity index (χ2n) is 6.43. The van der Waals surface area contributed by atoms with Crippen LogP contribution in [0.5, 0.6) is 0 Å². The van der Waals surface area contributed by atoms with Crippen LogP contribution >= 0.6 is 11.3 Å². The fraction of sp³-hybridized carbons (Fsp3) is 0.136. The SMILES string of the molecule is Cc1cc2cccc(-c3cc(F)c(-c4ccccc4C)[n+](C)c3)c2s1. The first-order valence-corrected chi connectivity index (χ1v) is 9.11. The lowest BCUT2D eigenvalue weighted by Crippen LogP contribution is -2.32. The molecule has 0 radical (unpaired) electrons. The number of pyridine rings is 1. The third kappa shape index (κ3) is 2.75. The Morgan fingerprint density at radius 1 is 0.920 bits per heavy atom. The summed E-state index contributed by atoms with van der Waals surface area (Å²) >= 11 is 1.76.